The smallest absolute Gasteiger partial charge is 0.135 e. The molecule has 3 nitrogen and oxygen atoms in total. The zero-order chi connectivity index (χ0) is 11.1. The second-order valence-corrected chi connectivity index (χ2v) is 2.93. The minimum atomic E-state index is -0.0823. The fraction of sp³-hybridized carbons (Fsp3) is 0.333. The standard InChI is InChI=1S/C12H14O3/c1-3-11-10(9-13)5-4-6-12(11)15-8-7-14-2/h1,4-6,13H,7-9H2,2H3. The molecule has 1 N–H and O–H groups in total. The van der Waals surface area contributed by atoms with Crippen molar-refractivity contribution in [1.29, 1.82) is 0 Å². The van der Waals surface area contributed by atoms with Crippen LogP contribution in [0.1, 0.15) is 11.1 Å². The van der Waals surface area contributed by atoms with Crippen molar-refractivity contribution in [2.24, 2.45) is 0 Å². The molecule has 0 heterocycles. The van der Waals surface area contributed by atoms with Gasteiger partial charge in [0, 0.05) is 7.11 Å². The van der Waals surface area contributed by atoms with Gasteiger partial charge in [-0.2, -0.15) is 0 Å². The molecule has 0 fully saturated rings. The molecule has 0 atom stereocenters. The third kappa shape index (κ3) is 2.98. The van der Waals surface area contributed by atoms with Crippen LogP contribution in [0.5, 0.6) is 5.75 Å². The summed E-state index contributed by atoms with van der Waals surface area (Å²) in [6, 6.07) is 5.36. The summed E-state index contributed by atoms with van der Waals surface area (Å²) in [4.78, 5) is 0. The van der Waals surface area contributed by atoms with Crippen LogP contribution < -0.4 is 4.74 Å². The lowest BCUT2D eigenvalue weighted by Crippen LogP contribution is -2.06. The molecule has 15 heavy (non-hydrogen) atoms. The predicted octanol–water partition coefficient (Wildman–Crippen LogP) is 1.19. The van der Waals surface area contributed by atoms with E-state index in [1.54, 1.807) is 25.3 Å². The van der Waals surface area contributed by atoms with E-state index in [4.69, 9.17) is 21.0 Å². The van der Waals surface area contributed by atoms with Gasteiger partial charge in [-0.1, -0.05) is 18.1 Å². The van der Waals surface area contributed by atoms with Crippen molar-refractivity contribution in [3.63, 3.8) is 0 Å². The van der Waals surface area contributed by atoms with Gasteiger partial charge in [-0.3, -0.25) is 0 Å². The topological polar surface area (TPSA) is 38.7 Å². The van der Waals surface area contributed by atoms with E-state index in [1.807, 2.05) is 0 Å². The summed E-state index contributed by atoms with van der Waals surface area (Å²) in [5.41, 5.74) is 1.31. The number of hydrogen-bond donors (Lipinski definition) is 1. The maximum atomic E-state index is 9.07. The van der Waals surface area contributed by atoms with Crippen LogP contribution in [0.4, 0.5) is 0 Å². The first-order valence-electron chi connectivity index (χ1n) is 4.64. The molecule has 0 aromatic heterocycles. The first kappa shape index (κ1) is 11.6. The maximum absolute atomic E-state index is 9.07. The van der Waals surface area contributed by atoms with Crippen LogP contribution in [-0.4, -0.2) is 25.4 Å². The Morgan fingerprint density at radius 2 is 2.20 bits per heavy atom. The van der Waals surface area contributed by atoms with Gasteiger partial charge in [-0.15, -0.1) is 6.42 Å². The van der Waals surface area contributed by atoms with Gasteiger partial charge in [0.25, 0.3) is 0 Å². The van der Waals surface area contributed by atoms with E-state index >= 15 is 0 Å². The number of terminal acetylenes is 1. The summed E-state index contributed by atoms with van der Waals surface area (Å²) >= 11 is 0. The molecule has 0 radical (unpaired) electrons. The fourth-order valence-electron chi connectivity index (χ4n) is 1.23. The fourth-order valence-corrected chi connectivity index (χ4v) is 1.23. The summed E-state index contributed by atoms with van der Waals surface area (Å²) in [5, 5.41) is 9.07. The van der Waals surface area contributed by atoms with E-state index in [9.17, 15) is 0 Å². The molecule has 0 aliphatic rings. The third-order valence-electron chi connectivity index (χ3n) is 1.97. The van der Waals surface area contributed by atoms with Crippen molar-refractivity contribution in [2.75, 3.05) is 20.3 Å². The third-order valence-corrected chi connectivity index (χ3v) is 1.97. The summed E-state index contributed by atoms with van der Waals surface area (Å²) in [7, 11) is 1.61. The van der Waals surface area contributed by atoms with E-state index in [-0.39, 0.29) is 6.61 Å². The number of hydrogen-bond acceptors (Lipinski definition) is 3. The second-order valence-electron chi connectivity index (χ2n) is 2.93. The Balaban J connectivity index is 2.83. The minimum Gasteiger partial charge on any atom is -0.490 e. The SMILES string of the molecule is C#Cc1c(CO)cccc1OCCOC. The maximum Gasteiger partial charge on any atom is 0.135 e. The van der Waals surface area contributed by atoms with Crippen molar-refractivity contribution in [3.8, 4) is 18.1 Å². The van der Waals surface area contributed by atoms with Crippen molar-refractivity contribution in [3.05, 3.63) is 29.3 Å². The molecule has 1 aromatic rings. The van der Waals surface area contributed by atoms with Gasteiger partial charge in [0.1, 0.15) is 12.4 Å². The van der Waals surface area contributed by atoms with Crippen LogP contribution in [0.3, 0.4) is 0 Å². The molecule has 0 aliphatic carbocycles. The molecule has 1 rings (SSSR count). The Labute approximate surface area is 89.6 Å². The van der Waals surface area contributed by atoms with Gasteiger partial charge >= 0.3 is 0 Å². The Hall–Kier alpha value is -1.50. The highest BCUT2D eigenvalue weighted by atomic mass is 16.5. The van der Waals surface area contributed by atoms with E-state index in [0.29, 0.717) is 30.1 Å². The molecular weight excluding hydrogens is 192 g/mol. The number of methoxy groups -OCH3 is 1. The van der Waals surface area contributed by atoms with Crippen LogP contribution in [0, 0.1) is 12.3 Å². The van der Waals surface area contributed by atoms with Crippen LogP contribution in [0.25, 0.3) is 0 Å². The lowest BCUT2D eigenvalue weighted by molar-refractivity contribution is 0.146. The molecule has 0 spiro atoms. The number of aliphatic hydroxyl groups is 1. The summed E-state index contributed by atoms with van der Waals surface area (Å²) in [5.74, 6) is 3.13. The predicted molar refractivity (Wildman–Crippen MR) is 57.7 cm³/mol. The first-order chi connectivity index (χ1) is 7.33. The molecule has 0 saturated heterocycles. The van der Waals surface area contributed by atoms with Crippen molar-refractivity contribution in [2.45, 2.75) is 6.61 Å². The highest BCUT2D eigenvalue weighted by Gasteiger charge is 2.05. The van der Waals surface area contributed by atoms with Gasteiger partial charge in [-0.25, -0.2) is 0 Å². The van der Waals surface area contributed by atoms with Gasteiger partial charge in [0.05, 0.1) is 18.8 Å². The zero-order valence-electron chi connectivity index (χ0n) is 8.69. The zero-order valence-corrected chi connectivity index (χ0v) is 8.69. The number of ether oxygens (including phenoxy) is 2. The summed E-state index contributed by atoms with van der Waals surface area (Å²) in [6.45, 7) is 0.869. The van der Waals surface area contributed by atoms with E-state index < -0.39 is 0 Å². The number of rotatable bonds is 5. The number of aliphatic hydroxyl groups excluding tert-OH is 1. The molecule has 80 valence electrons. The second kappa shape index (κ2) is 6.07. The molecule has 0 amide bonds. The van der Waals surface area contributed by atoms with Crippen molar-refractivity contribution < 1.29 is 14.6 Å². The Kier molecular flexibility index (Phi) is 4.69. The minimum absolute atomic E-state index is 0.0823. The van der Waals surface area contributed by atoms with E-state index in [1.165, 1.54) is 0 Å². The highest BCUT2D eigenvalue weighted by Crippen LogP contribution is 2.21. The number of benzene rings is 1. The van der Waals surface area contributed by atoms with Crippen molar-refractivity contribution in [1.82, 2.24) is 0 Å². The summed E-state index contributed by atoms with van der Waals surface area (Å²) in [6.07, 6.45) is 5.36. The molecular formula is C12H14O3. The molecule has 1 aromatic carbocycles. The van der Waals surface area contributed by atoms with Crippen LogP contribution >= 0.6 is 0 Å². The van der Waals surface area contributed by atoms with Gasteiger partial charge in [-0.05, 0) is 11.6 Å². The van der Waals surface area contributed by atoms with Crippen molar-refractivity contribution >= 4 is 0 Å². The molecule has 0 saturated carbocycles. The lowest BCUT2D eigenvalue weighted by atomic mass is 10.1. The lowest BCUT2D eigenvalue weighted by Gasteiger charge is -2.10. The highest BCUT2D eigenvalue weighted by molar-refractivity contribution is 5.50. The quantitative estimate of drug-likeness (QED) is 0.581. The van der Waals surface area contributed by atoms with Gasteiger partial charge in [0.2, 0.25) is 0 Å². The largest absolute Gasteiger partial charge is 0.490 e. The monoisotopic (exact) mass is 206 g/mol. The van der Waals surface area contributed by atoms with Gasteiger partial charge in [0.15, 0.2) is 0 Å². The molecule has 0 unspecified atom stereocenters. The average Bonchev–Trinajstić information content (AvgIpc) is 2.29. The molecule has 0 bridgehead atoms. The van der Waals surface area contributed by atoms with Crippen LogP contribution in [0.15, 0.2) is 18.2 Å². The Morgan fingerprint density at radius 1 is 1.40 bits per heavy atom. The van der Waals surface area contributed by atoms with Crippen LogP contribution in [-0.2, 0) is 11.3 Å². The first-order valence-corrected chi connectivity index (χ1v) is 4.64. The van der Waals surface area contributed by atoms with E-state index in [0.717, 1.165) is 0 Å². The normalized spacial score (nSPS) is 9.67. The molecule has 3 heteroatoms. The van der Waals surface area contributed by atoms with E-state index in [2.05, 4.69) is 5.92 Å². The Morgan fingerprint density at radius 3 is 2.80 bits per heavy atom. The Bertz CT molecular complexity index is 352. The average molecular weight is 206 g/mol. The van der Waals surface area contributed by atoms with Gasteiger partial charge < -0.3 is 14.6 Å². The summed E-state index contributed by atoms with van der Waals surface area (Å²) < 4.78 is 10.3. The molecule has 0 aliphatic heterocycles. The van der Waals surface area contributed by atoms with Crippen LogP contribution in [0.2, 0.25) is 0 Å².